The van der Waals surface area contributed by atoms with E-state index in [-0.39, 0.29) is 17.7 Å². The maximum Gasteiger partial charge on any atom is 0.306 e. The zero-order valence-electron chi connectivity index (χ0n) is 32.4. The average molecular weight is 783 g/mol. The number of carbonyl (C=O) groups is 3. The van der Waals surface area contributed by atoms with Crippen LogP contribution in [0.15, 0.2) is 36.4 Å². The fourth-order valence-electron chi connectivity index (χ4n) is 9.27. The zero-order chi connectivity index (χ0) is 39.1. The molecule has 0 radical (unpaired) electrons. The zero-order valence-corrected chi connectivity index (χ0v) is 33.2. The molecule has 14 heteroatoms. The highest BCUT2D eigenvalue weighted by Crippen LogP contribution is 2.38. The maximum atomic E-state index is 13.7. The third kappa shape index (κ3) is 7.61. The van der Waals surface area contributed by atoms with Gasteiger partial charge in [0.25, 0.3) is 11.8 Å². The van der Waals surface area contributed by atoms with Gasteiger partial charge >= 0.3 is 5.97 Å². The predicted octanol–water partition coefficient (Wildman–Crippen LogP) is 6.07. The Morgan fingerprint density at radius 2 is 1.39 bits per heavy atom. The first kappa shape index (κ1) is 38.3. The minimum Gasteiger partial charge on any atom is -0.481 e. The molecule has 56 heavy (non-hydrogen) atoms. The van der Waals surface area contributed by atoms with Crippen LogP contribution in [0.1, 0.15) is 88.1 Å². The summed E-state index contributed by atoms with van der Waals surface area (Å²) in [6, 6.07) is 11.7. The topological polar surface area (TPSA) is 147 Å². The number of hydrogen-bond donors (Lipinski definition) is 3. The Kier molecular flexibility index (Phi) is 11.0. The number of halogens is 1. The van der Waals surface area contributed by atoms with Crippen molar-refractivity contribution in [3.8, 4) is 11.1 Å². The molecular formula is C42H51ClN8O5. The second-order valence-corrected chi connectivity index (χ2v) is 16.3. The quantitative estimate of drug-likeness (QED) is 0.184. The van der Waals surface area contributed by atoms with Crippen LogP contribution >= 0.6 is 11.6 Å². The van der Waals surface area contributed by atoms with Crippen LogP contribution in [0.4, 0.5) is 11.4 Å². The molecule has 1 saturated heterocycles. The molecule has 0 unspecified atom stereocenters. The van der Waals surface area contributed by atoms with Crippen molar-refractivity contribution in [1.29, 1.82) is 0 Å². The van der Waals surface area contributed by atoms with Crippen LogP contribution in [-0.2, 0) is 49.6 Å². The molecule has 13 nitrogen and oxygen atoms in total. The standard InChI is InChI=1S/C42H51ClN8O5/c1-25-29(6-4-8-31(25)46-40(52)38-45-34-24-51(19-15-36(34)49(38)3)28-16-20-56-21-17-28)30-7-5-9-32(37(30)43)47-41(53)39-44-33-23-50(18-14-35(33)48(39)2)22-26-10-12-27(13-11-26)42(54)55/h4-9,26-28H,10-24H2,1-3H3,(H,46,52)(H,47,53)(H,54,55)/t26-,27-. The third-order valence-corrected chi connectivity index (χ3v) is 13.0. The van der Waals surface area contributed by atoms with Gasteiger partial charge < -0.3 is 29.6 Å². The average Bonchev–Trinajstić information content (AvgIpc) is 3.72. The van der Waals surface area contributed by atoms with Gasteiger partial charge in [-0.2, -0.15) is 0 Å². The van der Waals surface area contributed by atoms with E-state index < -0.39 is 5.97 Å². The van der Waals surface area contributed by atoms with Crippen molar-refractivity contribution in [3.05, 3.63) is 81.4 Å². The molecule has 296 valence electrons. The lowest BCUT2D eigenvalue weighted by molar-refractivity contribution is -0.143. The summed E-state index contributed by atoms with van der Waals surface area (Å²) in [5.41, 5.74) is 7.55. The first-order valence-corrected chi connectivity index (χ1v) is 20.3. The van der Waals surface area contributed by atoms with Crippen molar-refractivity contribution >= 4 is 40.8 Å². The molecule has 4 aliphatic rings. The SMILES string of the molecule is Cc1c(NC(=O)c2nc3c(n2C)CCN(C2CCOCC2)C3)cccc1-c1cccc(NC(=O)c2nc3c(n2C)CCN(C[C@H]2CC[C@H](C(=O)O)CC2)C3)c1Cl. The van der Waals surface area contributed by atoms with Crippen molar-refractivity contribution < 1.29 is 24.2 Å². The highest BCUT2D eigenvalue weighted by Gasteiger charge is 2.32. The van der Waals surface area contributed by atoms with Crippen molar-refractivity contribution in [1.82, 2.24) is 28.9 Å². The number of ether oxygens (including phenoxy) is 1. The van der Waals surface area contributed by atoms with Crippen molar-refractivity contribution in [2.75, 3.05) is 43.5 Å². The first-order chi connectivity index (χ1) is 27.0. The number of nitrogens with zero attached hydrogens (tertiary/aromatic N) is 6. The van der Waals surface area contributed by atoms with Gasteiger partial charge in [-0.05, 0) is 74.6 Å². The lowest BCUT2D eigenvalue weighted by Crippen LogP contribution is -2.42. The van der Waals surface area contributed by atoms with Crippen LogP contribution in [0.3, 0.4) is 0 Å². The predicted molar refractivity (Wildman–Crippen MR) is 214 cm³/mol. The summed E-state index contributed by atoms with van der Waals surface area (Å²) < 4.78 is 9.38. The van der Waals surface area contributed by atoms with Crippen LogP contribution < -0.4 is 10.6 Å². The van der Waals surface area contributed by atoms with E-state index >= 15 is 0 Å². The van der Waals surface area contributed by atoms with Gasteiger partial charge in [-0.25, -0.2) is 9.97 Å². The molecule has 2 amide bonds. The van der Waals surface area contributed by atoms with Crippen molar-refractivity contribution in [2.24, 2.45) is 25.9 Å². The Morgan fingerprint density at radius 3 is 2.05 bits per heavy atom. The molecule has 8 rings (SSSR count). The fourth-order valence-corrected chi connectivity index (χ4v) is 9.54. The Morgan fingerprint density at radius 1 is 0.804 bits per heavy atom. The van der Waals surface area contributed by atoms with Gasteiger partial charge in [0.1, 0.15) is 0 Å². The van der Waals surface area contributed by atoms with Crippen LogP contribution in [-0.4, -0.2) is 90.7 Å². The summed E-state index contributed by atoms with van der Waals surface area (Å²) in [6.45, 7) is 7.67. The number of carboxylic acid groups (broad SMARTS) is 1. The van der Waals surface area contributed by atoms with Gasteiger partial charge in [0, 0.05) is 102 Å². The van der Waals surface area contributed by atoms with Crippen molar-refractivity contribution in [2.45, 2.75) is 77.4 Å². The lowest BCUT2D eigenvalue weighted by atomic mass is 9.81. The molecule has 1 saturated carbocycles. The van der Waals surface area contributed by atoms with Crippen LogP contribution in [0.5, 0.6) is 0 Å². The number of anilines is 2. The molecule has 2 aromatic heterocycles. The maximum absolute atomic E-state index is 13.7. The summed E-state index contributed by atoms with van der Waals surface area (Å²) >= 11 is 7.03. The van der Waals surface area contributed by atoms with E-state index in [1.54, 1.807) is 6.07 Å². The molecular weight excluding hydrogens is 732 g/mol. The van der Waals surface area contributed by atoms with E-state index in [0.717, 1.165) is 130 Å². The van der Waals surface area contributed by atoms with E-state index in [1.807, 2.05) is 60.5 Å². The highest BCUT2D eigenvalue weighted by molar-refractivity contribution is 6.36. The molecule has 2 aromatic carbocycles. The second kappa shape index (κ2) is 16.1. The van der Waals surface area contributed by atoms with Gasteiger partial charge in [0.05, 0.1) is 28.0 Å². The molecule has 0 atom stereocenters. The van der Waals surface area contributed by atoms with E-state index in [1.165, 1.54) is 0 Å². The number of carboxylic acids is 1. The van der Waals surface area contributed by atoms with Crippen LogP contribution in [0.25, 0.3) is 11.1 Å². The van der Waals surface area contributed by atoms with Crippen LogP contribution in [0, 0.1) is 18.8 Å². The summed E-state index contributed by atoms with van der Waals surface area (Å²) in [4.78, 5) is 53.3. The number of carbonyl (C=O) groups excluding carboxylic acids is 2. The number of imidazole rings is 2. The molecule has 4 aromatic rings. The smallest absolute Gasteiger partial charge is 0.306 e. The number of hydrogen-bond acceptors (Lipinski definition) is 8. The summed E-state index contributed by atoms with van der Waals surface area (Å²) in [7, 11) is 3.80. The largest absolute Gasteiger partial charge is 0.481 e. The monoisotopic (exact) mass is 782 g/mol. The number of benzene rings is 2. The van der Waals surface area contributed by atoms with Crippen molar-refractivity contribution in [3.63, 3.8) is 0 Å². The van der Waals surface area contributed by atoms with Crippen LogP contribution in [0.2, 0.25) is 5.02 Å². The summed E-state index contributed by atoms with van der Waals surface area (Å²) in [5, 5.41) is 15.9. The Labute approximate surface area is 332 Å². The number of rotatable bonds is 9. The number of fused-ring (bicyclic) bond motifs is 2. The van der Waals surface area contributed by atoms with Gasteiger partial charge in [-0.3, -0.25) is 24.2 Å². The summed E-state index contributed by atoms with van der Waals surface area (Å²) in [6.07, 6.45) is 7.02. The molecule has 1 aliphatic carbocycles. The summed E-state index contributed by atoms with van der Waals surface area (Å²) in [5.74, 6) is -0.310. The normalized spacial score (nSPS) is 20.6. The number of aromatic nitrogens is 4. The van der Waals surface area contributed by atoms with E-state index in [0.29, 0.717) is 46.6 Å². The molecule has 5 heterocycles. The van der Waals surface area contributed by atoms with E-state index in [2.05, 4.69) is 20.4 Å². The van der Waals surface area contributed by atoms with Gasteiger partial charge in [0.15, 0.2) is 11.6 Å². The Balaban J connectivity index is 0.937. The minimum absolute atomic E-state index is 0.217. The Bertz CT molecular complexity index is 2150. The molecule has 3 aliphatic heterocycles. The Hall–Kier alpha value is -4.56. The second-order valence-electron chi connectivity index (χ2n) is 15.9. The van der Waals surface area contributed by atoms with Gasteiger partial charge in [-0.15, -0.1) is 0 Å². The molecule has 2 fully saturated rings. The molecule has 0 spiro atoms. The fraction of sp³-hybridized carbons (Fsp3) is 0.500. The molecule has 3 N–H and O–H groups in total. The number of nitrogens with one attached hydrogen (secondary N) is 2. The number of amides is 2. The van der Waals surface area contributed by atoms with Gasteiger partial charge in [-0.1, -0.05) is 35.9 Å². The lowest BCUT2D eigenvalue weighted by Gasteiger charge is -2.36. The van der Waals surface area contributed by atoms with E-state index in [9.17, 15) is 19.5 Å². The third-order valence-electron chi connectivity index (χ3n) is 12.6. The van der Waals surface area contributed by atoms with E-state index in [4.69, 9.17) is 26.3 Å². The highest BCUT2D eigenvalue weighted by atomic mass is 35.5. The number of aliphatic carboxylic acids is 1. The molecule has 0 bridgehead atoms. The first-order valence-electron chi connectivity index (χ1n) is 19.9. The minimum atomic E-state index is -0.680. The van der Waals surface area contributed by atoms with Gasteiger partial charge in [0.2, 0.25) is 0 Å².